The molecular weight excluding hydrogens is 235 g/mol. The Balaban J connectivity index is 2.25. The van der Waals surface area contributed by atoms with E-state index in [9.17, 15) is 13.2 Å². The van der Waals surface area contributed by atoms with Crippen LogP contribution in [0.25, 0.3) is 0 Å². The van der Waals surface area contributed by atoms with Crippen molar-refractivity contribution in [1.82, 2.24) is 5.32 Å². The Hall–Kier alpha value is -0.330. The fourth-order valence-corrected chi connectivity index (χ4v) is 2.31. The zero-order valence-corrected chi connectivity index (χ0v) is 9.71. The number of aliphatic hydroxyl groups is 2. The smallest absolute Gasteiger partial charge is 0.396 e. The molecule has 0 amide bonds. The van der Waals surface area contributed by atoms with Gasteiger partial charge in [0.05, 0.1) is 0 Å². The molecule has 0 spiro atoms. The Labute approximate surface area is 99.0 Å². The highest BCUT2D eigenvalue weighted by Crippen LogP contribution is 2.29. The van der Waals surface area contributed by atoms with Gasteiger partial charge in [-0.1, -0.05) is 12.8 Å². The summed E-state index contributed by atoms with van der Waals surface area (Å²) in [5.74, 6) is 0.397. The summed E-state index contributed by atoms with van der Waals surface area (Å²) in [5.41, 5.74) is 0. The summed E-state index contributed by atoms with van der Waals surface area (Å²) in [7, 11) is 0. The van der Waals surface area contributed by atoms with Gasteiger partial charge in [-0.25, -0.2) is 0 Å². The third-order valence-electron chi connectivity index (χ3n) is 3.42. The van der Waals surface area contributed by atoms with E-state index in [1.165, 1.54) is 0 Å². The maximum absolute atomic E-state index is 12.0. The number of alkyl halides is 3. The van der Waals surface area contributed by atoms with Crippen molar-refractivity contribution < 1.29 is 23.4 Å². The minimum Gasteiger partial charge on any atom is -0.396 e. The topological polar surface area (TPSA) is 52.5 Å². The molecule has 0 bridgehead atoms. The lowest BCUT2D eigenvalue weighted by molar-refractivity contribution is -0.202. The molecule has 1 fully saturated rings. The van der Waals surface area contributed by atoms with Gasteiger partial charge in [0, 0.05) is 13.2 Å². The molecule has 1 rings (SSSR count). The summed E-state index contributed by atoms with van der Waals surface area (Å²) in [6, 6.07) is 0. The monoisotopic (exact) mass is 255 g/mol. The number of hydrogen-bond donors (Lipinski definition) is 3. The molecule has 1 saturated carbocycles. The molecule has 0 aliphatic heterocycles. The van der Waals surface area contributed by atoms with E-state index in [2.05, 4.69) is 5.32 Å². The maximum Gasteiger partial charge on any atom is 0.415 e. The van der Waals surface area contributed by atoms with Crippen LogP contribution in [0.1, 0.15) is 25.7 Å². The zero-order valence-electron chi connectivity index (χ0n) is 9.71. The first-order valence-corrected chi connectivity index (χ1v) is 6.01. The second-order valence-corrected chi connectivity index (χ2v) is 4.70. The van der Waals surface area contributed by atoms with Crippen molar-refractivity contribution in [2.75, 3.05) is 19.7 Å². The molecule has 0 aromatic carbocycles. The third kappa shape index (κ3) is 4.81. The van der Waals surface area contributed by atoms with Crippen LogP contribution < -0.4 is 5.32 Å². The normalized spacial score (nSPS) is 28.1. The average Bonchev–Trinajstić information content (AvgIpc) is 2.28. The summed E-state index contributed by atoms with van der Waals surface area (Å²) in [6.07, 6.45) is -2.86. The zero-order chi connectivity index (χ0) is 12.9. The second kappa shape index (κ2) is 6.56. The molecule has 1 aliphatic carbocycles. The predicted octanol–water partition coefficient (Wildman–Crippen LogP) is 1.30. The number of nitrogens with one attached hydrogen (secondary N) is 1. The van der Waals surface area contributed by atoms with Gasteiger partial charge in [0.2, 0.25) is 0 Å². The Bertz CT molecular complexity index is 223. The molecule has 102 valence electrons. The molecule has 0 aromatic rings. The highest BCUT2D eigenvalue weighted by Gasteiger charge is 2.37. The first kappa shape index (κ1) is 14.7. The number of halogens is 3. The van der Waals surface area contributed by atoms with Crippen LogP contribution in [-0.2, 0) is 0 Å². The number of hydrogen-bond acceptors (Lipinski definition) is 3. The fourth-order valence-electron chi connectivity index (χ4n) is 2.31. The fraction of sp³-hybridized carbons (Fsp3) is 1.00. The molecule has 6 heteroatoms. The van der Waals surface area contributed by atoms with Crippen LogP contribution in [0.15, 0.2) is 0 Å². The van der Waals surface area contributed by atoms with E-state index in [1.54, 1.807) is 0 Å². The van der Waals surface area contributed by atoms with Crippen LogP contribution in [0.3, 0.4) is 0 Å². The van der Waals surface area contributed by atoms with E-state index in [4.69, 9.17) is 10.2 Å². The van der Waals surface area contributed by atoms with Crippen molar-refractivity contribution >= 4 is 0 Å². The first-order valence-electron chi connectivity index (χ1n) is 6.01. The molecule has 3 unspecified atom stereocenters. The maximum atomic E-state index is 12.0. The molecule has 17 heavy (non-hydrogen) atoms. The summed E-state index contributed by atoms with van der Waals surface area (Å²) < 4.78 is 36.1. The van der Waals surface area contributed by atoms with Crippen LogP contribution in [0, 0.1) is 11.8 Å². The molecule has 0 radical (unpaired) electrons. The Morgan fingerprint density at radius 2 is 1.76 bits per heavy atom. The lowest BCUT2D eigenvalue weighted by Gasteiger charge is -2.30. The van der Waals surface area contributed by atoms with E-state index in [-0.39, 0.29) is 18.4 Å². The minimum atomic E-state index is -4.56. The molecule has 1 aliphatic rings. The molecule has 0 aromatic heterocycles. The van der Waals surface area contributed by atoms with E-state index in [0.717, 1.165) is 25.7 Å². The second-order valence-electron chi connectivity index (χ2n) is 4.70. The van der Waals surface area contributed by atoms with Crippen molar-refractivity contribution in [3.8, 4) is 0 Å². The van der Waals surface area contributed by atoms with Gasteiger partial charge in [0.15, 0.2) is 6.10 Å². The number of aliphatic hydroxyl groups excluding tert-OH is 2. The van der Waals surface area contributed by atoms with Crippen LogP contribution in [0.4, 0.5) is 13.2 Å². The van der Waals surface area contributed by atoms with Crippen LogP contribution >= 0.6 is 0 Å². The van der Waals surface area contributed by atoms with Gasteiger partial charge in [-0.05, 0) is 31.2 Å². The van der Waals surface area contributed by atoms with Gasteiger partial charge in [0.25, 0.3) is 0 Å². The summed E-state index contributed by atoms with van der Waals surface area (Å²) in [5, 5.41) is 20.6. The molecule has 0 saturated heterocycles. The Morgan fingerprint density at radius 1 is 1.18 bits per heavy atom. The quantitative estimate of drug-likeness (QED) is 0.694. The SMILES string of the molecule is OCC1CCCCC1CNCC(O)C(F)(F)F. The summed E-state index contributed by atoms with van der Waals surface area (Å²) in [6.45, 7) is 0.0463. The van der Waals surface area contributed by atoms with E-state index >= 15 is 0 Å². The first-order chi connectivity index (χ1) is 7.95. The van der Waals surface area contributed by atoms with Gasteiger partial charge < -0.3 is 15.5 Å². The van der Waals surface area contributed by atoms with Crippen molar-refractivity contribution in [2.24, 2.45) is 11.8 Å². The lowest BCUT2D eigenvalue weighted by Crippen LogP contribution is -2.41. The summed E-state index contributed by atoms with van der Waals surface area (Å²) in [4.78, 5) is 0. The van der Waals surface area contributed by atoms with Gasteiger partial charge in [-0.15, -0.1) is 0 Å². The Morgan fingerprint density at radius 3 is 2.29 bits per heavy atom. The largest absolute Gasteiger partial charge is 0.415 e. The van der Waals surface area contributed by atoms with E-state index in [1.807, 2.05) is 0 Å². The van der Waals surface area contributed by atoms with Gasteiger partial charge >= 0.3 is 6.18 Å². The molecule has 3 nitrogen and oxygen atoms in total. The number of rotatable bonds is 5. The van der Waals surface area contributed by atoms with Gasteiger partial charge in [-0.2, -0.15) is 13.2 Å². The van der Waals surface area contributed by atoms with Crippen LogP contribution in [0.2, 0.25) is 0 Å². The standard InChI is InChI=1S/C11H20F3NO2/c12-11(13,14)10(17)6-15-5-8-3-1-2-4-9(8)7-16/h8-10,15-17H,1-7H2. The average molecular weight is 255 g/mol. The van der Waals surface area contributed by atoms with Crippen molar-refractivity contribution in [3.63, 3.8) is 0 Å². The van der Waals surface area contributed by atoms with Crippen LogP contribution in [-0.4, -0.2) is 42.2 Å². The van der Waals surface area contributed by atoms with Gasteiger partial charge in [-0.3, -0.25) is 0 Å². The van der Waals surface area contributed by atoms with Gasteiger partial charge in [0.1, 0.15) is 0 Å². The van der Waals surface area contributed by atoms with Crippen molar-refractivity contribution in [3.05, 3.63) is 0 Å². The molecular formula is C11H20F3NO2. The Kier molecular flexibility index (Phi) is 5.69. The van der Waals surface area contributed by atoms with Crippen molar-refractivity contribution in [1.29, 1.82) is 0 Å². The molecule has 3 atom stereocenters. The lowest BCUT2D eigenvalue weighted by atomic mass is 9.79. The third-order valence-corrected chi connectivity index (χ3v) is 3.42. The molecule has 3 N–H and O–H groups in total. The highest BCUT2D eigenvalue weighted by molar-refractivity contribution is 4.77. The predicted molar refractivity (Wildman–Crippen MR) is 57.5 cm³/mol. The van der Waals surface area contributed by atoms with E-state index < -0.39 is 18.8 Å². The highest BCUT2D eigenvalue weighted by atomic mass is 19.4. The van der Waals surface area contributed by atoms with Crippen molar-refractivity contribution in [2.45, 2.75) is 38.0 Å². The summed E-state index contributed by atoms with van der Waals surface area (Å²) >= 11 is 0. The minimum absolute atomic E-state index is 0.0914. The van der Waals surface area contributed by atoms with Crippen LogP contribution in [0.5, 0.6) is 0 Å². The van der Waals surface area contributed by atoms with E-state index in [0.29, 0.717) is 6.54 Å². The molecule has 0 heterocycles.